The Balaban J connectivity index is 2.56. The van der Waals surface area contributed by atoms with Crippen molar-refractivity contribution in [1.82, 2.24) is 4.98 Å². The summed E-state index contributed by atoms with van der Waals surface area (Å²) in [6, 6.07) is 4.30. The van der Waals surface area contributed by atoms with Gasteiger partial charge >= 0.3 is 0 Å². The van der Waals surface area contributed by atoms with Crippen molar-refractivity contribution >= 4 is 17.5 Å². The predicted octanol–water partition coefficient (Wildman–Crippen LogP) is 1.41. The normalized spacial score (nSPS) is 10.3. The minimum atomic E-state index is -0.710. The lowest BCUT2D eigenvalue weighted by atomic mass is 10.1. The van der Waals surface area contributed by atoms with Crippen molar-refractivity contribution in [2.75, 3.05) is 5.32 Å². The van der Waals surface area contributed by atoms with E-state index in [1.807, 2.05) is 0 Å². The number of primary amides is 1. The molecule has 0 radical (unpaired) electrons. The third-order valence-corrected chi connectivity index (χ3v) is 2.57. The van der Waals surface area contributed by atoms with Gasteiger partial charge in [-0.15, -0.1) is 0 Å². The molecule has 0 saturated heterocycles. The Bertz CT molecular complexity index is 691. The standard InChI is InChI=1S/C13H13N3O4/c1-6-11(12(14)19)16-13(20-6)9-5-8(18)3-4-10(9)15-7(2)17/h3-5,18H,1-2H3,(H2,14,19)(H,15,17). The van der Waals surface area contributed by atoms with Crippen LogP contribution in [0.1, 0.15) is 23.2 Å². The van der Waals surface area contributed by atoms with E-state index in [0.29, 0.717) is 11.3 Å². The minimum absolute atomic E-state index is 0.0112. The number of nitrogens with one attached hydrogen (secondary N) is 1. The number of aromatic hydroxyl groups is 1. The van der Waals surface area contributed by atoms with Crippen LogP contribution in [0, 0.1) is 6.92 Å². The molecule has 2 aromatic rings. The second-order valence-corrected chi connectivity index (χ2v) is 4.20. The molecule has 7 heteroatoms. The molecule has 20 heavy (non-hydrogen) atoms. The number of carbonyl (C=O) groups is 2. The number of oxazole rings is 1. The van der Waals surface area contributed by atoms with Crippen LogP contribution in [0.3, 0.4) is 0 Å². The van der Waals surface area contributed by atoms with Gasteiger partial charge in [-0.3, -0.25) is 9.59 Å². The number of benzene rings is 1. The molecule has 104 valence electrons. The molecular weight excluding hydrogens is 262 g/mol. The van der Waals surface area contributed by atoms with Gasteiger partial charge in [0.2, 0.25) is 11.8 Å². The molecule has 0 atom stereocenters. The number of hydrogen-bond donors (Lipinski definition) is 3. The number of carbonyl (C=O) groups excluding carboxylic acids is 2. The van der Waals surface area contributed by atoms with E-state index in [0.717, 1.165) is 0 Å². The van der Waals surface area contributed by atoms with Gasteiger partial charge in [-0.25, -0.2) is 4.98 Å². The van der Waals surface area contributed by atoms with Crippen LogP contribution in [-0.2, 0) is 4.79 Å². The third-order valence-electron chi connectivity index (χ3n) is 2.57. The van der Waals surface area contributed by atoms with Crippen molar-refractivity contribution in [2.45, 2.75) is 13.8 Å². The molecule has 2 rings (SSSR count). The van der Waals surface area contributed by atoms with Gasteiger partial charge in [-0.2, -0.15) is 0 Å². The van der Waals surface area contributed by atoms with Gasteiger partial charge in [-0.05, 0) is 25.1 Å². The van der Waals surface area contributed by atoms with E-state index in [1.165, 1.54) is 25.1 Å². The second-order valence-electron chi connectivity index (χ2n) is 4.20. The summed E-state index contributed by atoms with van der Waals surface area (Å²) >= 11 is 0. The molecule has 0 bridgehead atoms. The molecule has 1 heterocycles. The van der Waals surface area contributed by atoms with Crippen LogP contribution in [0.2, 0.25) is 0 Å². The third kappa shape index (κ3) is 2.61. The number of aryl methyl sites for hydroxylation is 1. The molecule has 0 fully saturated rings. The zero-order valence-electron chi connectivity index (χ0n) is 10.9. The second kappa shape index (κ2) is 5.04. The summed E-state index contributed by atoms with van der Waals surface area (Å²) in [6.07, 6.45) is 0. The van der Waals surface area contributed by atoms with E-state index in [4.69, 9.17) is 10.2 Å². The molecule has 0 saturated carbocycles. The van der Waals surface area contributed by atoms with Crippen LogP contribution < -0.4 is 11.1 Å². The number of phenolic OH excluding ortho intramolecular Hbond substituents is 1. The molecule has 0 aliphatic carbocycles. The molecule has 0 unspecified atom stereocenters. The Labute approximate surface area is 114 Å². The van der Waals surface area contributed by atoms with Crippen molar-refractivity contribution < 1.29 is 19.1 Å². The SMILES string of the molecule is CC(=O)Nc1ccc(O)cc1-c1nc(C(N)=O)c(C)o1. The van der Waals surface area contributed by atoms with Crippen LogP contribution in [0.25, 0.3) is 11.5 Å². The Morgan fingerprint density at radius 2 is 2.10 bits per heavy atom. The molecule has 7 nitrogen and oxygen atoms in total. The number of nitrogens with zero attached hydrogens (tertiary/aromatic N) is 1. The zero-order chi connectivity index (χ0) is 14.9. The van der Waals surface area contributed by atoms with Crippen molar-refractivity contribution in [3.8, 4) is 17.2 Å². The van der Waals surface area contributed by atoms with E-state index in [9.17, 15) is 14.7 Å². The van der Waals surface area contributed by atoms with Crippen molar-refractivity contribution in [3.63, 3.8) is 0 Å². The van der Waals surface area contributed by atoms with Crippen LogP contribution in [-0.4, -0.2) is 21.9 Å². The molecule has 0 aliphatic heterocycles. The van der Waals surface area contributed by atoms with E-state index in [1.54, 1.807) is 6.92 Å². The molecule has 0 spiro atoms. The molecule has 0 aliphatic rings. The van der Waals surface area contributed by atoms with Gasteiger partial charge < -0.3 is 20.6 Å². The van der Waals surface area contributed by atoms with Gasteiger partial charge in [0.1, 0.15) is 11.5 Å². The number of hydrogen-bond acceptors (Lipinski definition) is 5. The van der Waals surface area contributed by atoms with Crippen LogP contribution >= 0.6 is 0 Å². The maximum Gasteiger partial charge on any atom is 0.270 e. The number of rotatable bonds is 3. The lowest BCUT2D eigenvalue weighted by Gasteiger charge is -2.07. The summed E-state index contributed by atoms with van der Waals surface area (Å²) in [5, 5.41) is 12.1. The summed E-state index contributed by atoms with van der Waals surface area (Å²) < 4.78 is 5.36. The van der Waals surface area contributed by atoms with E-state index in [-0.39, 0.29) is 29.0 Å². The number of nitrogens with two attached hydrogens (primary N) is 1. The number of aromatic nitrogens is 1. The Morgan fingerprint density at radius 1 is 1.40 bits per heavy atom. The average molecular weight is 275 g/mol. The van der Waals surface area contributed by atoms with E-state index < -0.39 is 5.91 Å². The zero-order valence-corrected chi connectivity index (χ0v) is 10.9. The fraction of sp³-hybridized carbons (Fsp3) is 0.154. The van der Waals surface area contributed by atoms with Crippen LogP contribution in [0.15, 0.2) is 22.6 Å². The van der Waals surface area contributed by atoms with Gasteiger partial charge in [0.05, 0.1) is 11.3 Å². The van der Waals surface area contributed by atoms with Crippen LogP contribution in [0.5, 0.6) is 5.75 Å². The molecule has 1 aromatic carbocycles. The lowest BCUT2D eigenvalue weighted by Crippen LogP contribution is -2.12. The van der Waals surface area contributed by atoms with E-state index in [2.05, 4.69) is 10.3 Å². The maximum atomic E-state index is 11.2. The summed E-state index contributed by atoms with van der Waals surface area (Å²) in [7, 11) is 0. The lowest BCUT2D eigenvalue weighted by molar-refractivity contribution is -0.114. The highest BCUT2D eigenvalue weighted by molar-refractivity contribution is 5.95. The van der Waals surface area contributed by atoms with Gasteiger partial charge in [-0.1, -0.05) is 0 Å². The van der Waals surface area contributed by atoms with Crippen LogP contribution in [0.4, 0.5) is 5.69 Å². The monoisotopic (exact) mass is 275 g/mol. The predicted molar refractivity (Wildman–Crippen MR) is 71.2 cm³/mol. The first-order valence-corrected chi connectivity index (χ1v) is 5.76. The minimum Gasteiger partial charge on any atom is -0.508 e. The fourth-order valence-corrected chi connectivity index (χ4v) is 1.75. The summed E-state index contributed by atoms with van der Waals surface area (Å²) in [5.74, 6) is -0.653. The highest BCUT2D eigenvalue weighted by Gasteiger charge is 2.18. The summed E-state index contributed by atoms with van der Waals surface area (Å²) in [4.78, 5) is 26.3. The highest BCUT2D eigenvalue weighted by Crippen LogP contribution is 2.32. The van der Waals surface area contributed by atoms with Crippen molar-refractivity contribution in [3.05, 3.63) is 29.7 Å². The fourth-order valence-electron chi connectivity index (χ4n) is 1.75. The molecular formula is C13H13N3O4. The Morgan fingerprint density at radius 3 is 2.65 bits per heavy atom. The molecule has 4 N–H and O–H groups in total. The quantitative estimate of drug-likeness (QED) is 0.732. The van der Waals surface area contributed by atoms with Crippen molar-refractivity contribution in [1.29, 1.82) is 0 Å². The molecule has 1 aromatic heterocycles. The number of amides is 2. The number of phenols is 1. The van der Waals surface area contributed by atoms with Gasteiger partial charge in [0.25, 0.3) is 5.91 Å². The average Bonchev–Trinajstić information content (AvgIpc) is 2.73. The van der Waals surface area contributed by atoms with Gasteiger partial charge in [0.15, 0.2) is 5.69 Å². The Hall–Kier alpha value is -2.83. The first-order chi connectivity index (χ1) is 9.38. The smallest absolute Gasteiger partial charge is 0.270 e. The topological polar surface area (TPSA) is 118 Å². The Kier molecular flexibility index (Phi) is 3.43. The van der Waals surface area contributed by atoms with E-state index >= 15 is 0 Å². The summed E-state index contributed by atoms with van der Waals surface area (Å²) in [6.45, 7) is 2.91. The maximum absolute atomic E-state index is 11.2. The summed E-state index contributed by atoms with van der Waals surface area (Å²) in [5.41, 5.74) is 5.95. The number of anilines is 1. The van der Waals surface area contributed by atoms with Gasteiger partial charge in [0, 0.05) is 6.92 Å². The largest absolute Gasteiger partial charge is 0.508 e. The highest BCUT2D eigenvalue weighted by atomic mass is 16.4. The van der Waals surface area contributed by atoms with Crippen molar-refractivity contribution in [2.24, 2.45) is 5.73 Å². The first kappa shape index (κ1) is 13.6. The first-order valence-electron chi connectivity index (χ1n) is 5.76. The molecule has 2 amide bonds.